The lowest BCUT2D eigenvalue weighted by molar-refractivity contribution is -0.155. The van der Waals surface area contributed by atoms with E-state index in [1.54, 1.807) is 49.3 Å². The first-order chi connectivity index (χ1) is 15.0. The average Bonchev–Trinajstić information content (AvgIpc) is 3.05. The van der Waals surface area contributed by atoms with Crippen molar-refractivity contribution in [1.82, 2.24) is 15.1 Å². The van der Waals surface area contributed by atoms with Gasteiger partial charge in [-0.15, -0.1) is 11.8 Å². The van der Waals surface area contributed by atoms with Gasteiger partial charge in [0.05, 0.1) is 30.9 Å². The molecule has 2 rings (SSSR count). The Labute approximate surface area is 200 Å². The van der Waals surface area contributed by atoms with Crippen LogP contribution in [0.25, 0.3) is 0 Å². The number of nitrogens with two attached hydrogens (primary N) is 1. The Morgan fingerprint density at radius 3 is 2.12 bits per heavy atom. The second-order valence-corrected chi connectivity index (χ2v) is 12.3. The number of amides is 3. The van der Waals surface area contributed by atoms with Crippen molar-refractivity contribution in [3.05, 3.63) is 0 Å². The van der Waals surface area contributed by atoms with E-state index in [2.05, 4.69) is 5.32 Å². The van der Waals surface area contributed by atoms with Crippen LogP contribution in [0.5, 0.6) is 0 Å². The van der Waals surface area contributed by atoms with Gasteiger partial charge in [0.2, 0.25) is 11.8 Å². The number of thioether (sulfide) groups is 1. The first-order valence-corrected chi connectivity index (χ1v) is 12.3. The number of rotatable bonds is 6. The second-order valence-electron chi connectivity index (χ2n) is 10.8. The number of nitrogens with one attached hydrogen (secondary N) is 1. The number of ether oxygens (including phenoxy) is 2. The van der Waals surface area contributed by atoms with Gasteiger partial charge in [-0.3, -0.25) is 9.59 Å². The maximum atomic E-state index is 13.4. The Bertz CT molecular complexity index is 742. The van der Waals surface area contributed by atoms with E-state index in [4.69, 9.17) is 15.2 Å². The van der Waals surface area contributed by atoms with Gasteiger partial charge in [0.25, 0.3) is 0 Å². The molecule has 0 aromatic rings. The number of carbonyl (C=O) groups is 3. The van der Waals surface area contributed by atoms with Gasteiger partial charge in [-0.2, -0.15) is 0 Å². The van der Waals surface area contributed by atoms with Crippen molar-refractivity contribution >= 4 is 29.7 Å². The van der Waals surface area contributed by atoms with Gasteiger partial charge < -0.3 is 35.4 Å². The predicted molar refractivity (Wildman–Crippen MR) is 127 cm³/mol. The van der Waals surface area contributed by atoms with E-state index in [1.165, 1.54) is 6.92 Å². The van der Waals surface area contributed by atoms with E-state index in [0.29, 0.717) is 19.6 Å². The molecule has 10 nitrogen and oxygen atoms in total. The minimum absolute atomic E-state index is 0.303. The fraction of sp³-hybridized carbons (Fsp3) is 0.864. The van der Waals surface area contributed by atoms with E-state index in [1.807, 2.05) is 20.8 Å². The Morgan fingerprint density at radius 2 is 1.64 bits per heavy atom. The van der Waals surface area contributed by atoms with Crippen LogP contribution < -0.4 is 11.1 Å². The van der Waals surface area contributed by atoms with Gasteiger partial charge in [-0.25, -0.2) is 4.79 Å². The molecular formula is C22H40N4O6S. The van der Waals surface area contributed by atoms with Gasteiger partial charge >= 0.3 is 6.09 Å². The first kappa shape index (κ1) is 27.7. The van der Waals surface area contributed by atoms with E-state index >= 15 is 0 Å². The zero-order chi connectivity index (χ0) is 25.4. The Morgan fingerprint density at radius 1 is 1.06 bits per heavy atom. The van der Waals surface area contributed by atoms with Crippen molar-refractivity contribution in [2.24, 2.45) is 5.73 Å². The van der Waals surface area contributed by atoms with Crippen molar-refractivity contribution in [2.45, 2.75) is 95.8 Å². The van der Waals surface area contributed by atoms with Crippen LogP contribution in [0.15, 0.2) is 0 Å². The van der Waals surface area contributed by atoms with Gasteiger partial charge in [0.1, 0.15) is 22.6 Å². The Hall–Kier alpha value is -1.56. The lowest BCUT2D eigenvalue weighted by Gasteiger charge is -2.53. The van der Waals surface area contributed by atoms with Crippen LogP contribution in [0, 0.1) is 0 Å². The normalized spacial score (nSPS) is 21.8. The maximum absolute atomic E-state index is 13.4. The topological polar surface area (TPSA) is 134 Å². The number of carbonyl (C=O) groups excluding carboxylic acids is 3. The predicted octanol–water partition coefficient (Wildman–Crippen LogP) is 0.905. The molecule has 3 amide bonds. The van der Waals surface area contributed by atoms with Crippen LogP contribution in [0.3, 0.4) is 0 Å². The summed E-state index contributed by atoms with van der Waals surface area (Å²) in [6.45, 7) is 15.2. The fourth-order valence-electron chi connectivity index (χ4n) is 3.91. The van der Waals surface area contributed by atoms with Gasteiger partial charge in [-0.1, -0.05) is 0 Å². The lowest BCUT2D eigenvalue weighted by Crippen LogP contribution is -2.72. The summed E-state index contributed by atoms with van der Waals surface area (Å²) in [6.07, 6.45) is -2.27. The lowest BCUT2D eigenvalue weighted by atomic mass is 10.0. The van der Waals surface area contributed by atoms with E-state index < -0.39 is 46.5 Å². The van der Waals surface area contributed by atoms with Crippen molar-refractivity contribution < 1.29 is 29.0 Å². The maximum Gasteiger partial charge on any atom is 0.408 e. The zero-order valence-electron chi connectivity index (χ0n) is 21.0. The number of hydrogen-bond acceptors (Lipinski definition) is 8. The van der Waals surface area contributed by atoms with Gasteiger partial charge in [0, 0.05) is 12.3 Å². The molecule has 0 bridgehead atoms. The molecule has 0 aromatic carbocycles. The molecule has 11 heteroatoms. The average molecular weight is 489 g/mol. The molecule has 2 heterocycles. The van der Waals surface area contributed by atoms with Crippen molar-refractivity contribution in [3.63, 3.8) is 0 Å². The highest BCUT2D eigenvalue weighted by Gasteiger charge is 2.56. The molecular weight excluding hydrogens is 448 g/mol. The molecule has 4 N–H and O–H groups in total. The quantitative estimate of drug-likeness (QED) is 0.502. The summed E-state index contributed by atoms with van der Waals surface area (Å²) in [5, 5.41) is 12.4. The Kier molecular flexibility index (Phi) is 8.36. The van der Waals surface area contributed by atoms with Crippen LogP contribution in [0.1, 0.15) is 55.4 Å². The molecule has 0 aliphatic carbocycles. The number of hydrogen-bond donors (Lipinski definition) is 3. The van der Waals surface area contributed by atoms with Gasteiger partial charge in [-0.05, 0) is 55.4 Å². The number of alkyl carbamates (subject to hydrolysis) is 1. The summed E-state index contributed by atoms with van der Waals surface area (Å²) >= 11 is 1.60. The standard InChI is InChI=1S/C22H40N4O6S/c1-13(27)15(23)17(28)26-9-10-33-22(26)11-25(12-22)18(29)16(14(2)31-20(3,4)5)24-19(30)32-21(6,7)8/h13-16,27H,9-12,23H2,1-8H3,(H,24,30)/t13-,14-,15+,16+/m1/s1. The summed E-state index contributed by atoms with van der Waals surface area (Å²) in [7, 11) is 0. The highest BCUT2D eigenvalue weighted by Crippen LogP contribution is 2.43. The van der Waals surface area contributed by atoms with Crippen LogP contribution >= 0.6 is 11.8 Å². The van der Waals surface area contributed by atoms with Crippen LogP contribution in [-0.4, -0.2) is 98.6 Å². The molecule has 0 radical (unpaired) electrons. The van der Waals surface area contributed by atoms with E-state index in [0.717, 1.165) is 5.75 Å². The summed E-state index contributed by atoms with van der Waals surface area (Å²) < 4.78 is 11.3. The molecule has 2 fully saturated rings. The highest BCUT2D eigenvalue weighted by atomic mass is 32.2. The summed E-state index contributed by atoms with van der Waals surface area (Å²) in [5.74, 6) is 0.0987. The third kappa shape index (κ3) is 6.97. The van der Waals surface area contributed by atoms with Crippen LogP contribution in [0.2, 0.25) is 0 Å². The molecule has 0 unspecified atom stereocenters. The largest absolute Gasteiger partial charge is 0.444 e. The summed E-state index contributed by atoms with van der Waals surface area (Å²) in [6, 6.07) is -1.96. The first-order valence-electron chi connectivity index (χ1n) is 11.3. The second kappa shape index (κ2) is 9.97. The fourth-order valence-corrected chi connectivity index (χ4v) is 5.40. The zero-order valence-corrected chi connectivity index (χ0v) is 21.8. The minimum atomic E-state index is -1.01. The van der Waals surface area contributed by atoms with Crippen molar-refractivity contribution in [3.8, 4) is 0 Å². The number of likely N-dealkylation sites (tertiary alicyclic amines) is 1. The summed E-state index contributed by atoms with van der Waals surface area (Å²) in [4.78, 5) is 41.4. The van der Waals surface area contributed by atoms with Crippen LogP contribution in [-0.2, 0) is 19.1 Å². The van der Waals surface area contributed by atoms with Crippen molar-refractivity contribution in [1.29, 1.82) is 0 Å². The molecule has 2 aliphatic heterocycles. The Balaban J connectivity index is 2.14. The summed E-state index contributed by atoms with van der Waals surface area (Å²) in [5.41, 5.74) is 4.64. The number of aliphatic hydroxyl groups excluding tert-OH is 1. The molecule has 0 saturated carbocycles. The van der Waals surface area contributed by atoms with Crippen molar-refractivity contribution in [2.75, 3.05) is 25.4 Å². The number of nitrogens with zero attached hydrogens (tertiary/aromatic N) is 2. The van der Waals surface area contributed by atoms with Gasteiger partial charge in [0.15, 0.2) is 0 Å². The third-order valence-electron chi connectivity index (χ3n) is 5.38. The van der Waals surface area contributed by atoms with Crippen LogP contribution in [0.4, 0.5) is 4.79 Å². The molecule has 1 spiro atoms. The smallest absolute Gasteiger partial charge is 0.408 e. The number of aliphatic hydroxyl groups is 1. The van der Waals surface area contributed by atoms with E-state index in [-0.39, 0.29) is 11.8 Å². The molecule has 2 aliphatic rings. The highest BCUT2D eigenvalue weighted by molar-refractivity contribution is 8.01. The SMILES string of the molecule is C[C@@H](O)[C@H](N)C(=O)N1CCSC12CN(C(=O)[C@@H](NC(=O)OC(C)(C)C)[C@@H](C)OC(C)(C)C)C2. The molecule has 0 aromatic heterocycles. The van der Waals surface area contributed by atoms with E-state index in [9.17, 15) is 19.5 Å². The molecule has 33 heavy (non-hydrogen) atoms. The molecule has 2 saturated heterocycles. The third-order valence-corrected chi connectivity index (χ3v) is 6.79. The molecule has 190 valence electrons. The monoisotopic (exact) mass is 488 g/mol. The minimum Gasteiger partial charge on any atom is -0.444 e. The molecule has 4 atom stereocenters.